The van der Waals surface area contributed by atoms with Crippen LogP contribution < -0.4 is 9.80 Å². The predicted octanol–water partition coefficient (Wildman–Crippen LogP) is 3.66. The highest BCUT2D eigenvalue weighted by Crippen LogP contribution is 2.30. The van der Waals surface area contributed by atoms with Crippen molar-refractivity contribution >= 4 is 17.4 Å². The van der Waals surface area contributed by atoms with E-state index >= 15 is 0 Å². The van der Waals surface area contributed by atoms with Crippen LogP contribution in [0.2, 0.25) is 0 Å². The molecule has 2 saturated heterocycles. The molecule has 6 rings (SSSR count). The van der Waals surface area contributed by atoms with Gasteiger partial charge in [0.2, 0.25) is 0 Å². The van der Waals surface area contributed by atoms with Crippen molar-refractivity contribution in [3.8, 4) is 22.5 Å². The fourth-order valence-corrected chi connectivity index (χ4v) is 5.24. The normalized spacial score (nSPS) is 16.0. The molecule has 0 N–H and O–H groups in total. The predicted molar refractivity (Wildman–Crippen MR) is 148 cm³/mol. The Morgan fingerprint density at radius 3 is 1.32 bits per heavy atom. The second-order valence-corrected chi connectivity index (χ2v) is 9.49. The molecule has 4 heterocycles. The van der Waals surface area contributed by atoms with Gasteiger partial charge in [-0.25, -0.2) is 4.79 Å². The van der Waals surface area contributed by atoms with E-state index in [1.54, 1.807) is 12.4 Å². The number of hydrogen-bond acceptors (Lipinski definition) is 7. The standard InChI is InChI=1S/C29H30N8O/c38-29(36-19-15-34(16-20-36)25-11-13-30-32-27(25)23-7-3-1-4-8-23)37-21-17-35(18-22-37)26-12-14-31-33-28(26)24-9-5-2-6-10-24/h1-14H,15-22H2. The van der Waals surface area contributed by atoms with E-state index in [2.05, 4.69) is 54.5 Å². The van der Waals surface area contributed by atoms with Crippen molar-refractivity contribution in [1.29, 1.82) is 0 Å². The Hall–Kier alpha value is -4.53. The molecule has 0 unspecified atom stereocenters. The fourth-order valence-electron chi connectivity index (χ4n) is 5.24. The van der Waals surface area contributed by atoms with Crippen molar-refractivity contribution in [2.24, 2.45) is 0 Å². The molecular weight excluding hydrogens is 476 g/mol. The number of amides is 2. The second-order valence-electron chi connectivity index (χ2n) is 9.49. The minimum Gasteiger partial charge on any atom is -0.366 e. The van der Waals surface area contributed by atoms with E-state index in [-0.39, 0.29) is 6.03 Å². The lowest BCUT2D eigenvalue weighted by atomic mass is 10.1. The van der Waals surface area contributed by atoms with E-state index < -0.39 is 0 Å². The van der Waals surface area contributed by atoms with E-state index in [1.807, 2.05) is 58.3 Å². The number of hydrogen-bond donors (Lipinski definition) is 0. The van der Waals surface area contributed by atoms with E-state index in [0.717, 1.165) is 60.1 Å². The lowest BCUT2D eigenvalue weighted by Gasteiger charge is -2.41. The van der Waals surface area contributed by atoms with Gasteiger partial charge in [0.25, 0.3) is 0 Å². The Balaban J connectivity index is 1.07. The average molecular weight is 507 g/mol. The third-order valence-electron chi connectivity index (χ3n) is 7.28. The summed E-state index contributed by atoms with van der Waals surface area (Å²) in [4.78, 5) is 22.0. The van der Waals surface area contributed by atoms with Crippen LogP contribution in [0, 0.1) is 0 Å². The first-order valence-corrected chi connectivity index (χ1v) is 13.1. The van der Waals surface area contributed by atoms with Gasteiger partial charge in [-0.05, 0) is 12.1 Å². The lowest BCUT2D eigenvalue weighted by Crippen LogP contribution is -2.57. The zero-order chi connectivity index (χ0) is 25.7. The molecule has 0 bridgehead atoms. The first kappa shape index (κ1) is 23.8. The number of aromatic nitrogens is 4. The maximum Gasteiger partial charge on any atom is 0.320 e. The van der Waals surface area contributed by atoms with E-state index in [4.69, 9.17) is 0 Å². The van der Waals surface area contributed by atoms with Gasteiger partial charge in [-0.3, -0.25) is 0 Å². The molecule has 0 atom stereocenters. The monoisotopic (exact) mass is 506 g/mol. The molecule has 2 fully saturated rings. The number of anilines is 2. The summed E-state index contributed by atoms with van der Waals surface area (Å²) in [5.41, 5.74) is 5.98. The van der Waals surface area contributed by atoms with Crippen molar-refractivity contribution in [3.63, 3.8) is 0 Å². The molecule has 0 radical (unpaired) electrons. The topological polar surface area (TPSA) is 81.6 Å². The van der Waals surface area contributed by atoms with Crippen molar-refractivity contribution in [2.45, 2.75) is 0 Å². The Bertz CT molecular complexity index is 1260. The molecular formula is C29H30N8O. The second kappa shape index (κ2) is 10.8. The van der Waals surface area contributed by atoms with E-state index in [0.29, 0.717) is 26.2 Å². The van der Waals surface area contributed by atoms with Crippen LogP contribution >= 0.6 is 0 Å². The SMILES string of the molecule is O=C(N1CCN(c2ccnnc2-c2ccccc2)CC1)N1CCN(c2ccnnc2-c2ccccc2)CC1. The zero-order valence-corrected chi connectivity index (χ0v) is 21.2. The van der Waals surface area contributed by atoms with Crippen molar-refractivity contribution in [1.82, 2.24) is 30.2 Å². The number of carbonyl (C=O) groups excluding carboxylic acids is 1. The van der Waals surface area contributed by atoms with Crippen LogP contribution in [0.1, 0.15) is 0 Å². The van der Waals surface area contributed by atoms with Gasteiger partial charge < -0.3 is 19.6 Å². The summed E-state index contributed by atoms with van der Waals surface area (Å²) in [5.74, 6) is 0. The number of rotatable bonds is 4. The summed E-state index contributed by atoms with van der Waals surface area (Å²) in [5, 5.41) is 17.1. The van der Waals surface area contributed by atoms with E-state index in [1.165, 1.54) is 0 Å². The Morgan fingerprint density at radius 1 is 0.526 bits per heavy atom. The van der Waals surface area contributed by atoms with Gasteiger partial charge in [0.05, 0.1) is 23.8 Å². The van der Waals surface area contributed by atoms with Crippen molar-refractivity contribution < 1.29 is 4.79 Å². The fraction of sp³-hybridized carbons (Fsp3) is 0.276. The molecule has 4 aromatic rings. The smallest absolute Gasteiger partial charge is 0.320 e. The first-order valence-electron chi connectivity index (χ1n) is 13.1. The molecule has 2 aliphatic rings. The Morgan fingerprint density at radius 2 is 0.921 bits per heavy atom. The summed E-state index contributed by atoms with van der Waals surface area (Å²) >= 11 is 0. The van der Waals surface area contributed by atoms with Crippen LogP contribution in [-0.2, 0) is 0 Å². The van der Waals surface area contributed by atoms with Gasteiger partial charge in [0.15, 0.2) is 0 Å². The largest absolute Gasteiger partial charge is 0.366 e. The molecule has 0 aliphatic carbocycles. The summed E-state index contributed by atoms with van der Waals surface area (Å²) in [6.07, 6.45) is 3.47. The van der Waals surface area contributed by atoms with Crippen molar-refractivity contribution in [2.75, 3.05) is 62.2 Å². The minimum absolute atomic E-state index is 0.122. The van der Waals surface area contributed by atoms with Crippen LogP contribution in [0.25, 0.3) is 22.5 Å². The molecule has 2 aromatic heterocycles. The maximum absolute atomic E-state index is 13.4. The van der Waals surface area contributed by atoms with Gasteiger partial charge in [-0.1, -0.05) is 60.7 Å². The van der Waals surface area contributed by atoms with Crippen LogP contribution in [0.4, 0.5) is 16.2 Å². The van der Waals surface area contributed by atoms with Crippen LogP contribution in [-0.4, -0.2) is 88.6 Å². The number of nitrogens with zero attached hydrogens (tertiary/aromatic N) is 8. The molecule has 9 heteroatoms. The van der Waals surface area contributed by atoms with Gasteiger partial charge in [0.1, 0.15) is 11.4 Å². The lowest BCUT2D eigenvalue weighted by molar-refractivity contribution is 0.147. The van der Waals surface area contributed by atoms with Gasteiger partial charge in [-0.2, -0.15) is 10.2 Å². The van der Waals surface area contributed by atoms with Crippen LogP contribution in [0.3, 0.4) is 0 Å². The number of piperazine rings is 2. The molecule has 2 amide bonds. The molecule has 0 saturated carbocycles. The Labute approximate surface area is 222 Å². The van der Waals surface area contributed by atoms with Crippen LogP contribution in [0.5, 0.6) is 0 Å². The molecule has 9 nitrogen and oxygen atoms in total. The third-order valence-corrected chi connectivity index (χ3v) is 7.28. The van der Waals surface area contributed by atoms with Gasteiger partial charge in [-0.15, -0.1) is 10.2 Å². The number of benzene rings is 2. The highest BCUT2D eigenvalue weighted by molar-refractivity contribution is 5.78. The van der Waals surface area contributed by atoms with Gasteiger partial charge in [0, 0.05) is 63.5 Å². The first-order chi connectivity index (χ1) is 18.8. The Kier molecular flexibility index (Phi) is 6.80. The summed E-state index contributed by atoms with van der Waals surface area (Å²) in [6.45, 7) is 5.79. The van der Waals surface area contributed by atoms with Crippen LogP contribution in [0.15, 0.2) is 85.2 Å². The minimum atomic E-state index is 0.122. The highest BCUT2D eigenvalue weighted by Gasteiger charge is 2.29. The molecule has 38 heavy (non-hydrogen) atoms. The number of carbonyl (C=O) groups is 1. The molecule has 192 valence electrons. The summed E-state index contributed by atoms with van der Waals surface area (Å²) < 4.78 is 0. The quantitative estimate of drug-likeness (QED) is 0.418. The molecule has 2 aromatic carbocycles. The van der Waals surface area contributed by atoms with Gasteiger partial charge >= 0.3 is 6.03 Å². The van der Waals surface area contributed by atoms with E-state index in [9.17, 15) is 4.79 Å². The molecule has 2 aliphatic heterocycles. The molecule has 0 spiro atoms. The summed E-state index contributed by atoms with van der Waals surface area (Å²) in [6, 6.07) is 24.4. The number of urea groups is 1. The average Bonchev–Trinajstić information content (AvgIpc) is 3.02. The summed E-state index contributed by atoms with van der Waals surface area (Å²) in [7, 11) is 0. The third kappa shape index (κ3) is 4.87. The highest BCUT2D eigenvalue weighted by atomic mass is 16.2. The maximum atomic E-state index is 13.4. The zero-order valence-electron chi connectivity index (χ0n) is 21.2. The van der Waals surface area contributed by atoms with Crippen molar-refractivity contribution in [3.05, 3.63) is 85.2 Å².